The van der Waals surface area contributed by atoms with E-state index in [0.29, 0.717) is 11.5 Å². The van der Waals surface area contributed by atoms with Crippen LogP contribution in [0.3, 0.4) is 0 Å². The van der Waals surface area contributed by atoms with E-state index in [9.17, 15) is 4.79 Å². The van der Waals surface area contributed by atoms with Crippen molar-refractivity contribution in [2.75, 3.05) is 6.54 Å². The average molecular weight is 322 g/mol. The molecular weight excluding hydrogens is 300 g/mol. The van der Waals surface area contributed by atoms with Gasteiger partial charge in [-0.2, -0.15) is 0 Å². The number of H-pyrrole nitrogens is 1. The summed E-state index contributed by atoms with van der Waals surface area (Å²) in [6.45, 7) is 5.16. The Bertz CT molecular complexity index is 861. The SMILES string of the molecule is CC(C)CC1c2[nH]c3ccccc3c2CCN1C(=O)c1ccoc1. The molecule has 1 amide bonds. The third kappa shape index (κ3) is 2.42. The van der Waals surface area contributed by atoms with Crippen LogP contribution < -0.4 is 0 Å². The topological polar surface area (TPSA) is 49.2 Å². The Kier molecular flexibility index (Phi) is 3.68. The van der Waals surface area contributed by atoms with Gasteiger partial charge in [-0.1, -0.05) is 32.0 Å². The van der Waals surface area contributed by atoms with Crippen LogP contribution in [0.25, 0.3) is 10.9 Å². The first-order chi connectivity index (χ1) is 11.6. The smallest absolute Gasteiger partial charge is 0.257 e. The van der Waals surface area contributed by atoms with Gasteiger partial charge in [-0.05, 0) is 36.5 Å². The van der Waals surface area contributed by atoms with Gasteiger partial charge in [-0.25, -0.2) is 0 Å². The lowest BCUT2D eigenvalue weighted by molar-refractivity contribution is 0.0631. The van der Waals surface area contributed by atoms with Gasteiger partial charge >= 0.3 is 0 Å². The number of aromatic amines is 1. The number of hydrogen-bond donors (Lipinski definition) is 1. The molecule has 3 aromatic rings. The van der Waals surface area contributed by atoms with E-state index in [1.54, 1.807) is 12.3 Å². The van der Waals surface area contributed by atoms with Crippen molar-refractivity contribution in [2.45, 2.75) is 32.7 Å². The molecule has 1 aliphatic rings. The maximum atomic E-state index is 12.9. The fourth-order valence-corrected chi connectivity index (χ4v) is 3.81. The molecule has 0 fully saturated rings. The minimum absolute atomic E-state index is 0.0544. The molecule has 1 aliphatic heterocycles. The Morgan fingerprint density at radius 1 is 1.33 bits per heavy atom. The molecule has 0 saturated heterocycles. The van der Waals surface area contributed by atoms with Gasteiger partial charge in [0, 0.05) is 23.1 Å². The number of benzene rings is 1. The van der Waals surface area contributed by atoms with Crippen LogP contribution in [0.4, 0.5) is 0 Å². The normalized spacial score (nSPS) is 17.5. The summed E-state index contributed by atoms with van der Waals surface area (Å²) in [5.41, 5.74) is 4.36. The molecule has 0 bridgehead atoms. The van der Waals surface area contributed by atoms with Crippen molar-refractivity contribution in [3.8, 4) is 0 Å². The second-order valence-electron chi connectivity index (χ2n) is 6.97. The van der Waals surface area contributed by atoms with Crippen molar-refractivity contribution in [3.63, 3.8) is 0 Å². The predicted molar refractivity (Wildman–Crippen MR) is 93.9 cm³/mol. The molecule has 0 radical (unpaired) electrons. The first-order valence-corrected chi connectivity index (χ1v) is 8.58. The summed E-state index contributed by atoms with van der Waals surface area (Å²) in [5, 5.41) is 1.29. The molecule has 0 spiro atoms. The quantitative estimate of drug-likeness (QED) is 0.769. The number of nitrogens with zero attached hydrogens (tertiary/aromatic N) is 1. The highest BCUT2D eigenvalue weighted by Crippen LogP contribution is 2.38. The largest absolute Gasteiger partial charge is 0.472 e. The van der Waals surface area contributed by atoms with E-state index in [2.05, 4.69) is 43.1 Å². The standard InChI is InChI=1S/C20H22N2O2/c1-13(2)11-18-19-16(15-5-3-4-6-17(15)21-19)7-9-22(18)20(23)14-8-10-24-12-14/h3-6,8,10,12-13,18,21H,7,9,11H2,1-2H3. The van der Waals surface area contributed by atoms with E-state index < -0.39 is 0 Å². The van der Waals surface area contributed by atoms with E-state index in [4.69, 9.17) is 4.42 Å². The van der Waals surface area contributed by atoms with Crippen LogP contribution in [0.1, 0.15) is 47.9 Å². The number of rotatable bonds is 3. The molecule has 1 N–H and O–H groups in total. The van der Waals surface area contributed by atoms with Gasteiger partial charge in [0.1, 0.15) is 6.26 Å². The van der Waals surface area contributed by atoms with Crippen LogP contribution >= 0.6 is 0 Å². The highest BCUT2D eigenvalue weighted by atomic mass is 16.3. The average Bonchev–Trinajstić information content (AvgIpc) is 3.22. The summed E-state index contributed by atoms with van der Waals surface area (Å²) in [6.07, 6.45) is 4.93. The minimum atomic E-state index is 0.0544. The molecule has 4 heteroatoms. The maximum absolute atomic E-state index is 12.9. The van der Waals surface area contributed by atoms with Crippen molar-refractivity contribution < 1.29 is 9.21 Å². The summed E-state index contributed by atoms with van der Waals surface area (Å²) in [7, 11) is 0. The van der Waals surface area contributed by atoms with Gasteiger partial charge < -0.3 is 14.3 Å². The second-order valence-corrected chi connectivity index (χ2v) is 6.97. The first kappa shape index (κ1) is 15.1. The Hall–Kier alpha value is -2.49. The Labute approximate surface area is 141 Å². The summed E-state index contributed by atoms with van der Waals surface area (Å²) in [6, 6.07) is 10.2. The van der Waals surface area contributed by atoms with E-state index in [1.165, 1.54) is 22.9 Å². The summed E-state index contributed by atoms with van der Waals surface area (Å²) >= 11 is 0. The molecule has 24 heavy (non-hydrogen) atoms. The summed E-state index contributed by atoms with van der Waals surface area (Å²) in [5.74, 6) is 0.561. The lowest BCUT2D eigenvalue weighted by Crippen LogP contribution is -2.40. The van der Waals surface area contributed by atoms with E-state index in [1.807, 2.05) is 4.90 Å². The predicted octanol–water partition coefficient (Wildman–Crippen LogP) is 4.55. The van der Waals surface area contributed by atoms with Crippen molar-refractivity contribution in [3.05, 3.63) is 59.7 Å². The van der Waals surface area contributed by atoms with Gasteiger partial charge in [-0.3, -0.25) is 4.79 Å². The Morgan fingerprint density at radius 2 is 2.17 bits per heavy atom. The van der Waals surface area contributed by atoms with Gasteiger partial charge in [-0.15, -0.1) is 0 Å². The van der Waals surface area contributed by atoms with Gasteiger partial charge in [0.2, 0.25) is 0 Å². The second kappa shape index (κ2) is 5.86. The fourth-order valence-electron chi connectivity index (χ4n) is 3.81. The van der Waals surface area contributed by atoms with E-state index in [0.717, 1.165) is 24.9 Å². The molecule has 124 valence electrons. The zero-order valence-electron chi connectivity index (χ0n) is 14.1. The number of nitrogens with one attached hydrogen (secondary N) is 1. The molecule has 0 aliphatic carbocycles. The number of aromatic nitrogens is 1. The lowest BCUT2D eigenvalue weighted by atomic mass is 9.91. The number of carbonyl (C=O) groups excluding carboxylic acids is 1. The number of para-hydroxylation sites is 1. The van der Waals surface area contributed by atoms with E-state index in [-0.39, 0.29) is 11.9 Å². The number of furan rings is 1. The Balaban J connectivity index is 1.78. The van der Waals surface area contributed by atoms with Gasteiger partial charge in [0.15, 0.2) is 0 Å². The minimum Gasteiger partial charge on any atom is -0.472 e. The van der Waals surface area contributed by atoms with Crippen molar-refractivity contribution >= 4 is 16.8 Å². The number of hydrogen-bond acceptors (Lipinski definition) is 2. The Morgan fingerprint density at radius 3 is 2.92 bits per heavy atom. The summed E-state index contributed by atoms with van der Waals surface area (Å²) in [4.78, 5) is 18.5. The van der Waals surface area contributed by atoms with Crippen LogP contribution in [-0.2, 0) is 6.42 Å². The molecule has 1 unspecified atom stereocenters. The van der Waals surface area contributed by atoms with Crippen LogP contribution in [0, 0.1) is 5.92 Å². The number of carbonyl (C=O) groups is 1. The highest BCUT2D eigenvalue weighted by Gasteiger charge is 2.34. The van der Waals surface area contributed by atoms with Crippen molar-refractivity contribution in [1.29, 1.82) is 0 Å². The van der Waals surface area contributed by atoms with Crippen LogP contribution in [-0.4, -0.2) is 22.3 Å². The zero-order chi connectivity index (χ0) is 16.7. The number of amides is 1. The molecule has 3 heterocycles. The van der Waals surface area contributed by atoms with Gasteiger partial charge in [0.05, 0.1) is 17.9 Å². The lowest BCUT2D eigenvalue weighted by Gasteiger charge is -2.36. The monoisotopic (exact) mass is 322 g/mol. The molecule has 1 aromatic carbocycles. The van der Waals surface area contributed by atoms with Crippen LogP contribution in [0.2, 0.25) is 0 Å². The fraction of sp³-hybridized carbons (Fsp3) is 0.350. The zero-order valence-corrected chi connectivity index (χ0v) is 14.1. The van der Waals surface area contributed by atoms with E-state index >= 15 is 0 Å². The molecule has 4 rings (SSSR count). The summed E-state index contributed by atoms with van der Waals surface area (Å²) < 4.78 is 5.10. The van der Waals surface area contributed by atoms with Crippen molar-refractivity contribution in [2.24, 2.45) is 5.92 Å². The molecule has 1 atom stereocenters. The van der Waals surface area contributed by atoms with Crippen LogP contribution in [0.5, 0.6) is 0 Å². The molecule has 0 saturated carbocycles. The van der Waals surface area contributed by atoms with Crippen molar-refractivity contribution in [1.82, 2.24) is 9.88 Å². The molecule has 4 nitrogen and oxygen atoms in total. The number of fused-ring (bicyclic) bond motifs is 3. The maximum Gasteiger partial charge on any atom is 0.257 e. The highest BCUT2D eigenvalue weighted by molar-refractivity contribution is 5.95. The molecule has 2 aromatic heterocycles. The third-order valence-corrected chi connectivity index (χ3v) is 4.88. The van der Waals surface area contributed by atoms with Crippen LogP contribution in [0.15, 0.2) is 47.3 Å². The third-order valence-electron chi connectivity index (χ3n) is 4.88. The molecular formula is C20H22N2O2. The van der Waals surface area contributed by atoms with Gasteiger partial charge in [0.25, 0.3) is 5.91 Å². The first-order valence-electron chi connectivity index (χ1n) is 8.58.